The van der Waals surface area contributed by atoms with Crippen molar-refractivity contribution < 1.29 is 32.9 Å². The lowest BCUT2D eigenvalue weighted by atomic mass is 9.97. The lowest BCUT2D eigenvalue weighted by Crippen LogP contribution is -2.34. The monoisotopic (exact) mass is 631 g/mol. The minimum absolute atomic E-state index is 0.0551. The maximum absolute atomic E-state index is 16.1. The van der Waals surface area contributed by atoms with Crippen LogP contribution in [0, 0.1) is 5.82 Å². The minimum Gasteiger partial charge on any atom is -0.489 e. The summed E-state index contributed by atoms with van der Waals surface area (Å²) in [5.41, 5.74) is 2.09. The average molecular weight is 632 g/mol. The number of alkyl carbamates (subject to hydrolysis) is 1. The SMILES string of the molecule is C[C@H](NC(=O)OC(C)(C)C)c1cccc(-c2cc(COc3ccccc3CC(=O)OC(C)(C)C)cc(OCc3cnc[nH]3)c2)c1F. The molecule has 0 unspecified atom stereocenters. The Labute approximate surface area is 269 Å². The standard InChI is InChI=1S/C36H42FN3O6/c1-23(40-34(42)46-36(5,6)7)29-12-10-13-30(33(29)37)26-15-24(16-28(17-26)43-21-27-19-38-22-39-27)20-44-31-14-9-8-11-25(31)18-32(41)45-35(2,3)4/h8-17,19,22-23H,18,20-21H2,1-7H3,(H,38,39)(H,40,42)/t23-/m0/s1. The Bertz CT molecular complexity index is 1640. The number of halogens is 1. The van der Waals surface area contributed by atoms with E-state index in [2.05, 4.69) is 15.3 Å². The largest absolute Gasteiger partial charge is 0.489 e. The third-order valence-electron chi connectivity index (χ3n) is 6.58. The van der Waals surface area contributed by atoms with Crippen molar-refractivity contribution >= 4 is 12.1 Å². The molecule has 0 aliphatic carbocycles. The second-order valence-electron chi connectivity index (χ2n) is 13.0. The van der Waals surface area contributed by atoms with Gasteiger partial charge in [-0.05, 0) is 83.9 Å². The van der Waals surface area contributed by atoms with Gasteiger partial charge in [-0.15, -0.1) is 0 Å². The molecule has 10 heteroatoms. The summed E-state index contributed by atoms with van der Waals surface area (Å²) in [7, 11) is 0. The van der Waals surface area contributed by atoms with Gasteiger partial charge in [0.15, 0.2) is 0 Å². The number of H-pyrrole nitrogens is 1. The van der Waals surface area contributed by atoms with E-state index < -0.39 is 29.2 Å². The van der Waals surface area contributed by atoms with Crippen LogP contribution in [0.4, 0.5) is 9.18 Å². The first kappa shape index (κ1) is 34.0. The molecule has 244 valence electrons. The van der Waals surface area contributed by atoms with Gasteiger partial charge in [0, 0.05) is 16.7 Å². The van der Waals surface area contributed by atoms with Gasteiger partial charge in [-0.3, -0.25) is 4.79 Å². The summed E-state index contributed by atoms with van der Waals surface area (Å²) in [4.78, 5) is 31.9. The first-order valence-electron chi connectivity index (χ1n) is 15.1. The number of ether oxygens (including phenoxy) is 4. The zero-order valence-corrected chi connectivity index (χ0v) is 27.4. The Morgan fingerprint density at radius 1 is 0.913 bits per heavy atom. The Hall–Kier alpha value is -4.86. The van der Waals surface area contributed by atoms with E-state index in [1.807, 2.05) is 51.1 Å². The molecular formula is C36H42FN3O6. The fraction of sp³-hybridized carbons (Fsp3) is 0.361. The second-order valence-corrected chi connectivity index (χ2v) is 13.0. The molecule has 0 spiro atoms. The number of nitrogens with zero attached hydrogens (tertiary/aromatic N) is 1. The smallest absolute Gasteiger partial charge is 0.408 e. The van der Waals surface area contributed by atoms with Gasteiger partial charge in [-0.1, -0.05) is 36.4 Å². The number of amides is 1. The molecule has 0 saturated heterocycles. The van der Waals surface area contributed by atoms with Crippen LogP contribution in [-0.2, 0) is 33.9 Å². The molecule has 46 heavy (non-hydrogen) atoms. The number of benzene rings is 3. The van der Waals surface area contributed by atoms with E-state index in [4.69, 9.17) is 18.9 Å². The van der Waals surface area contributed by atoms with E-state index in [1.165, 1.54) is 0 Å². The Morgan fingerprint density at radius 3 is 2.35 bits per heavy atom. The van der Waals surface area contributed by atoms with Crippen LogP contribution in [0.5, 0.6) is 11.5 Å². The molecule has 2 N–H and O–H groups in total. The van der Waals surface area contributed by atoms with E-state index >= 15 is 4.39 Å². The number of aromatic amines is 1. The van der Waals surface area contributed by atoms with Gasteiger partial charge in [0.05, 0.1) is 30.7 Å². The van der Waals surface area contributed by atoms with Crippen LogP contribution in [0.15, 0.2) is 73.2 Å². The van der Waals surface area contributed by atoms with Crippen molar-refractivity contribution in [1.82, 2.24) is 15.3 Å². The molecule has 0 bridgehead atoms. The van der Waals surface area contributed by atoms with Crippen LogP contribution >= 0.6 is 0 Å². The molecule has 1 amide bonds. The van der Waals surface area contributed by atoms with E-state index in [-0.39, 0.29) is 25.6 Å². The predicted octanol–water partition coefficient (Wildman–Crippen LogP) is 7.84. The molecule has 0 aliphatic heterocycles. The lowest BCUT2D eigenvalue weighted by molar-refractivity contribution is -0.153. The minimum atomic E-state index is -0.685. The van der Waals surface area contributed by atoms with Crippen molar-refractivity contribution in [1.29, 1.82) is 0 Å². The van der Waals surface area contributed by atoms with E-state index in [0.717, 1.165) is 5.69 Å². The quantitative estimate of drug-likeness (QED) is 0.162. The van der Waals surface area contributed by atoms with Crippen molar-refractivity contribution in [3.8, 4) is 22.6 Å². The number of para-hydroxylation sites is 1. The molecule has 0 saturated carbocycles. The highest BCUT2D eigenvalue weighted by Crippen LogP contribution is 2.33. The van der Waals surface area contributed by atoms with E-state index in [0.29, 0.717) is 39.3 Å². The van der Waals surface area contributed by atoms with Gasteiger partial charge in [-0.25, -0.2) is 14.2 Å². The van der Waals surface area contributed by atoms with Crippen LogP contribution in [0.25, 0.3) is 11.1 Å². The van der Waals surface area contributed by atoms with Crippen LogP contribution in [0.1, 0.15) is 76.9 Å². The molecule has 4 rings (SSSR count). The normalized spacial score (nSPS) is 12.3. The number of imidazole rings is 1. The molecule has 9 nitrogen and oxygen atoms in total. The molecule has 4 aromatic rings. The lowest BCUT2D eigenvalue weighted by Gasteiger charge is -2.22. The number of rotatable bonds is 11. The summed E-state index contributed by atoms with van der Waals surface area (Å²) in [6.45, 7) is 12.8. The van der Waals surface area contributed by atoms with E-state index in [9.17, 15) is 9.59 Å². The van der Waals surface area contributed by atoms with Gasteiger partial charge in [-0.2, -0.15) is 0 Å². The Morgan fingerprint density at radius 2 is 1.65 bits per heavy atom. The average Bonchev–Trinajstić information content (AvgIpc) is 3.47. The first-order chi connectivity index (χ1) is 21.7. The van der Waals surface area contributed by atoms with E-state index in [1.54, 1.807) is 70.6 Å². The first-order valence-corrected chi connectivity index (χ1v) is 15.1. The van der Waals surface area contributed by atoms with Gasteiger partial charge in [0.25, 0.3) is 0 Å². The summed E-state index contributed by atoms with van der Waals surface area (Å²) in [5, 5.41) is 2.71. The van der Waals surface area contributed by atoms with Crippen LogP contribution in [0.3, 0.4) is 0 Å². The summed E-state index contributed by atoms with van der Waals surface area (Å²) in [6, 6.07) is 17.1. The summed E-state index contributed by atoms with van der Waals surface area (Å²) < 4.78 is 39.2. The molecule has 1 heterocycles. The zero-order chi connectivity index (χ0) is 33.5. The highest BCUT2D eigenvalue weighted by Gasteiger charge is 2.22. The fourth-order valence-electron chi connectivity index (χ4n) is 4.66. The van der Waals surface area contributed by atoms with Crippen LogP contribution in [0.2, 0.25) is 0 Å². The molecule has 3 aromatic carbocycles. The molecule has 1 aromatic heterocycles. The highest BCUT2D eigenvalue weighted by molar-refractivity contribution is 5.74. The number of carbonyl (C=O) groups excluding carboxylic acids is 2. The summed E-state index contributed by atoms with van der Waals surface area (Å²) >= 11 is 0. The van der Waals surface area contributed by atoms with Crippen molar-refractivity contribution in [2.24, 2.45) is 0 Å². The zero-order valence-electron chi connectivity index (χ0n) is 27.4. The van der Waals surface area contributed by atoms with Gasteiger partial charge >= 0.3 is 12.1 Å². The maximum Gasteiger partial charge on any atom is 0.408 e. The summed E-state index contributed by atoms with van der Waals surface area (Å²) in [5.74, 6) is 0.198. The van der Waals surface area contributed by atoms with Gasteiger partial charge in [0.1, 0.15) is 41.7 Å². The molecule has 0 aliphatic rings. The number of hydrogen-bond acceptors (Lipinski definition) is 7. The van der Waals surface area contributed by atoms with Crippen molar-refractivity contribution in [3.05, 3.63) is 101 Å². The van der Waals surface area contributed by atoms with Crippen molar-refractivity contribution in [2.75, 3.05) is 0 Å². The number of aromatic nitrogens is 2. The molecule has 1 atom stereocenters. The third-order valence-corrected chi connectivity index (χ3v) is 6.58. The molecule has 0 radical (unpaired) electrons. The number of carbonyl (C=O) groups is 2. The fourth-order valence-corrected chi connectivity index (χ4v) is 4.66. The summed E-state index contributed by atoms with van der Waals surface area (Å²) in [6.07, 6.45) is 2.65. The van der Waals surface area contributed by atoms with Crippen molar-refractivity contribution in [3.63, 3.8) is 0 Å². The number of hydrogen-bond donors (Lipinski definition) is 2. The Balaban J connectivity index is 1.61. The molecular weight excluding hydrogens is 589 g/mol. The Kier molecular flexibility index (Phi) is 10.7. The number of esters is 1. The van der Waals surface area contributed by atoms with Gasteiger partial charge in [0.2, 0.25) is 0 Å². The maximum atomic E-state index is 16.1. The van der Waals surface area contributed by atoms with Gasteiger partial charge < -0.3 is 29.2 Å². The highest BCUT2D eigenvalue weighted by atomic mass is 19.1. The molecule has 0 fully saturated rings. The van der Waals surface area contributed by atoms with Crippen LogP contribution < -0.4 is 14.8 Å². The topological polar surface area (TPSA) is 112 Å². The second kappa shape index (κ2) is 14.5. The number of nitrogens with one attached hydrogen (secondary N) is 2. The van der Waals surface area contributed by atoms with Crippen LogP contribution in [-0.4, -0.2) is 33.2 Å². The predicted molar refractivity (Wildman–Crippen MR) is 173 cm³/mol. The third kappa shape index (κ3) is 10.1. The van der Waals surface area contributed by atoms with Crippen molar-refractivity contribution in [2.45, 2.75) is 85.3 Å².